The lowest BCUT2D eigenvalue weighted by Gasteiger charge is -2.41. The molecule has 2 aliphatic rings. The molecule has 170 valence electrons. The van der Waals surface area contributed by atoms with E-state index in [0.29, 0.717) is 43.0 Å². The number of piperazine rings is 1. The lowest BCUT2D eigenvalue weighted by molar-refractivity contribution is -0.147. The molecule has 1 amide bonds. The molecule has 0 atom stereocenters. The predicted octanol–water partition coefficient (Wildman–Crippen LogP) is 1.55. The number of methoxy groups -OCH3 is 1. The first-order valence-corrected chi connectivity index (χ1v) is 10.8. The van der Waals surface area contributed by atoms with E-state index in [4.69, 9.17) is 9.72 Å². The average molecular weight is 449 g/mol. The summed E-state index contributed by atoms with van der Waals surface area (Å²) in [5, 5.41) is 16.4. The van der Waals surface area contributed by atoms with Gasteiger partial charge in [-0.15, -0.1) is 0 Å². The van der Waals surface area contributed by atoms with Crippen LogP contribution in [0.2, 0.25) is 0 Å². The maximum atomic E-state index is 14.4. The first kappa shape index (κ1) is 21.2. The van der Waals surface area contributed by atoms with E-state index in [1.807, 2.05) is 31.3 Å². The Balaban J connectivity index is 1.35. The molecule has 3 aromatic heterocycles. The summed E-state index contributed by atoms with van der Waals surface area (Å²) in [7, 11) is 1.57. The molecule has 0 radical (unpaired) electrons. The van der Waals surface area contributed by atoms with Gasteiger partial charge in [0.05, 0.1) is 13.3 Å². The van der Waals surface area contributed by atoms with Gasteiger partial charge in [-0.1, -0.05) is 0 Å². The van der Waals surface area contributed by atoms with Crippen molar-refractivity contribution < 1.29 is 13.9 Å². The van der Waals surface area contributed by atoms with Gasteiger partial charge < -0.3 is 19.9 Å². The minimum atomic E-state index is -1.75. The highest BCUT2D eigenvalue weighted by molar-refractivity contribution is 5.87. The fourth-order valence-corrected chi connectivity index (χ4v) is 4.42. The van der Waals surface area contributed by atoms with Crippen molar-refractivity contribution in [3.63, 3.8) is 0 Å². The summed E-state index contributed by atoms with van der Waals surface area (Å²) in [6, 6.07) is 7.97. The molecular formula is C23H24FN7O2. The first-order chi connectivity index (χ1) is 15.9. The number of hydrogen-bond donors (Lipinski definition) is 1. The lowest BCUT2D eigenvalue weighted by Crippen LogP contribution is -2.66. The lowest BCUT2D eigenvalue weighted by atomic mass is 9.97. The predicted molar refractivity (Wildman–Crippen MR) is 120 cm³/mol. The minimum Gasteiger partial charge on any atom is -0.494 e. The van der Waals surface area contributed by atoms with E-state index in [0.717, 1.165) is 22.6 Å². The van der Waals surface area contributed by atoms with Crippen molar-refractivity contribution in [2.45, 2.75) is 12.6 Å². The molecule has 2 fully saturated rings. The van der Waals surface area contributed by atoms with Crippen LogP contribution in [-0.4, -0.2) is 77.5 Å². The summed E-state index contributed by atoms with van der Waals surface area (Å²) >= 11 is 0. The first-order valence-electron chi connectivity index (χ1n) is 10.8. The van der Waals surface area contributed by atoms with Gasteiger partial charge in [0.15, 0.2) is 0 Å². The van der Waals surface area contributed by atoms with Crippen LogP contribution < -0.4 is 15.0 Å². The molecule has 5 heterocycles. The monoisotopic (exact) mass is 449 g/mol. The van der Waals surface area contributed by atoms with Gasteiger partial charge in [0.2, 0.25) is 5.67 Å². The number of anilines is 1. The Labute approximate surface area is 190 Å². The highest BCUT2D eigenvalue weighted by Crippen LogP contribution is 2.32. The van der Waals surface area contributed by atoms with Gasteiger partial charge in [-0.3, -0.25) is 4.79 Å². The fourth-order valence-electron chi connectivity index (χ4n) is 4.42. The second-order valence-electron chi connectivity index (χ2n) is 8.41. The molecule has 2 saturated heterocycles. The molecule has 0 bridgehead atoms. The Hall–Kier alpha value is -3.71. The second kappa shape index (κ2) is 8.01. The van der Waals surface area contributed by atoms with Crippen LogP contribution in [0.5, 0.6) is 5.75 Å². The molecule has 0 aliphatic carbocycles. The van der Waals surface area contributed by atoms with Gasteiger partial charge in [-0.25, -0.2) is 13.9 Å². The Bertz CT molecular complexity index is 1270. The minimum absolute atomic E-state index is 0.0984. The van der Waals surface area contributed by atoms with Crippen LogP contribution in [0.4, 0.5) is 10.2 Å². The van der Waals surface area contributed by atoms with Crippen LogP contribution in [0.25, 0.3) is 16.6 Å². The van der Waals surface area contributed by atoms with Crippen LogP contribution in [0.3, 0.4) is 0 Å². The number of carbonyl (C=O) groups excluding carboxylic acids is 1. The molecule has 2 aliphatic heterocycles. The molecule has 1 N–H and O–H groups in total. The van der Waals surface area contributed by atoms with Gasteiger partial charge in [0, 0.05) is 62.3 Å². The number of nitrogens with zero attached hydrogens (tertiary/aromatic N) is 6. The number of nitriles is 1. The summed E-state index contributed by atoms with van der Waals surface area (Å²) in [4.78, 5) is 20.9. The van der Waals surface area contributed by atoms with Gasteiger partial charge >= 0.3 is 0 Å². The maximum Gasteiger partial charge on any atom is 0.263 e. The number of aromatic nitrogens is 3. The number of halogens is 1. The maximum absolute atomic E-state index is 14.4. The van der Waals surface area contributed by atoms with Gasteiger partial charge in [0.25, 0.3) is 5.91 Å². The number of nitrogens with one attached hydrogen (secondary N) is 1. The molecular weight excluding hydrogens is 425 g/mol. The Morgan fingerprint density at radius 3 is 2.64 bits per heavy atom. The standard InChI is InChI=1S/C23H24FN7O2/c1-15-18(16-9-19(33-2)21-17(10-25)11-27-31(21)12-16)3-4-20(28-15)29-5-7-30(8-6-29)22(32)23(24)13-26-14-23/h3-4,9,11-12,26H,5-8,13-14H2,1-2H3. The molecule has 0 unspecified atom stereocenters. The van der Waals surface area contributed by atoms with Crippen molar-refractivity contribution >= 4 is 17.2 Å². The number of hydrogen-bond acceptors (Lipinski definition) is 7. The zero-order valence-electron chi connectivity index (χ0n) is 18.5. The van der Waals surface area contributed by atoms with Crippen molar-refractivity contribution in [1.82, 2.24) is 24.8 Å². The van der Waals surface area contributed by atoms with E-state index in [2.05, 4.69) is 21.4 Å². The summed E-state index contributed by atoms with van der Waals surface area (Å²) in [5.74, 6) is 0.975. The van der Waals surface area contributed by atoms with Crippen molar-refractivity contribution in [1.29, 1.82) is 5.26 Å². The van der Waals surface area contributed by atoms with Crippen LogP contribution in [-0.2, 0) is 4.79 Å². The number of fused-ring (bicyclic) bond motifs is 1. The number of ether oxygens (including phenoxy) is 1. The highest BCUT2D eigenvalue weighted by atomic mass is 19.1. The third-order valence-electron chi connectivity index (χ3n) is 6.38. The Morgan fingerprint density at radius 1 is 1.27 bits per heavy atom. The number of carbonyl (C=O) groups is 1. The molecule has 10 heteroatoms. The van der Waals surface area contributed by atoms with Crippen molar-refractivity contribution in [2.75, 3.05) is 51.3 Å². The Morgan fingerprint density at radius 2 is 2.03 bits per heavy atom. The van der Waals surface area contributed by atoms with E-state index in [-0.39, 0.29) is 13.1 Å². The number of rotatable bonds is 4. The number of pyridine rings is 2. The van der Waals surface area contributed by atoms with Gasteiger partial charge in [0.1, 0.15) is 28.7 Å². The highest BCUT2D eigenvalue weighted by Gasteiger charge is 2.47. The number of alkyl halides is 1. The average Bonchev–Trinajstić information content (AvgIpc) is 3.24. The SMILES string of the molecule is COc1cc(-c2ccc(N3CCN(C(=O)C4(F)CNC4)CC3)nc2C)cn2ncc(C#N)c12. The molecule has 0 saturated carbocycles. The molecule has 3 aromatic rings. The topological polar surface area (TPSA) is 98.8 Å². The molecule has 0 spiro atoms. The second-order valence-corrected chi connectivity index (χ2v) is 8.41. The third kappa shape index (κ3) is 3.54. The number of amides is 1. The Kier molecular flexibility index (Phi) is 5.13. The van der Waals surface area contributed by atoms with Crippen molar-refractivity contribution in [2.24, 2.45) is 0 Å². The zero-order valence-corrected chi connectivity index (χ0v) is 18.5. The third-order valence-corrected chi connectivity index (χ3v) is 6.38. The summed E-state index contributed by atoms with van der Waals surface area (Å²) in [6.07, 6.45) is 3.38. The van der Waals surface area contributed by atoms with E-state index in [9.17, 15) is 14.4 Å². The molecule has 5 rings (SSSR count). The largest absolute Gasteiger partial charge is 0.494 e. The van der Waals surface area contributed by atoms with Gasteiger partial charge in [-0.05, 0) is 25.1 Å². The molecule has 33 heavy (non-hydrogen) atoms. The normalized spacial score (nSPS) is 17.5. The van der Waals surface area contributed by atoms with E-state index in [1.165, 1.54) is 6.20 Å². The van der Waals surface area contributed by atoms with Crippen LogP contribution in [0, 0.1) is 18.3 Å². The zero-order chi connectivity index (χ0) is 23.2. The van der Waals surface area contributed by atoms with E-state index >= 15 is 0 Å². The van der Waals surface area contributed by atoms with Crippen LogP contribution >= 0.6 is 0 Å². The van der Waals surface area contributed by atoms with Crippen LogP contribution in [0.15, 0.2) is 30.6 Å². The van der Waals surface area contributed by atoms with E-state index < -0.39 is 11.6 Å². The number of aryl methyl sites for hydroxylation is 1. The van der Waals surface area contributed by atoms with Crippen LogP contribution in [0.1, 0.15) is 11.3 Å². The summed E-state index contributed by atoms with van der Waals surface area (Å²) in [6.45, 7) is 4.29. The summed E-state index contributed by atoms with van der Waals surface area (Å²) in [5.41, 5.74) is 1.98. The fraction of sp³-hybridized carbons (Fsp3) is 0.391. The van der Waals surface area contributed by atoms with Gasteiger partial charge in [-0.2, -0.15) is 10.4 Å². The molecule has 9 nitrogen and oxygen atoms in total. The quantitative estimate of drug-likeness (QED) is 0.645. The smallest absolute Gasteiger partial charge is 0.263 e. The van der Waals surface area contributed by atoms with E-state index in [1.54, 1.807) is 16.5 Å². The van der Waals surface area contributed by atoms with Crippen molar-refractivity contribution in [3.8, 4) is 22.9 Å². The van der Waals surface area contributed by atoms with Crippen molar-refractivity contribution in [3.05, 3.63) is 41.9 Å². The molecule has 0 aromatic carbocycles. The summed E-state index contributed by atoms with van der Waals surface area (Å²) < 4.78 is 21.6.